The van der Waals surface area contributed by atoms with Gasteiger partial charge in [-0.15, -0.1) is 0 Å². The number of hydrogen-bond donors (Lipinski definition) is 1. The van der Waals surface area contributed by atoms with E-state index in [0.717, 1.165) is 44.7 Å². The fourth-order valence-corrected chi connectivity index (χ4v) is 2.82. The lowest BCUT2D eigenvalue weighted by atomic mass is 9.99. The Morgan fingerprint density at radius 1 is 1.52 bits per heavy atom. The van der Waals surface area contributed by atoms with Gasteiger partial charge in [0.05, 0.1) is 6.61 Å². The van der Waals surface area contributed by atoms with E-state index in [-0.39, 0.29) is 6.03 Å². The predicted octanol–water partition coefficient (Wildman–Crippen LogP) is 3.30. The molecule has 1 heterocycles. The molecule has 0 radical (unpaired) electrons. The van der Waals surface area contributed by atoms with Crippen LogP contribution in [0, 0.1) is 5.92 Å². The predicted molar refractivity (Wildman–Crippen MR) is 84.5 cm³/mol. The summed E-state index contributed by atoms with van der Waals surface area (Å²) in [6.45, 7) is 5.59. The van der Waals surface area contributed by atoms with Crippen molar-refractivity contribution in [1.82, 2.24) is 10.2 Å². The highest BCUT2D eigenvalue weighted by Gasteiger charge is 2.23. The van der Waals surface area contributed by atoms with Crippen molar-refractivity contribution < 1.29 is 9.53 Å². The second-order valence-electron chi connectivity index (χ2n) is 5.40. The molecule has 1 atom stereocenters. The number of nitrogens with zero attached hydrogens (tertiary/aromatic N) is 1. The van der Waals surface area contributed by atoms with Crippen LogP contribution in [0.15, 0.2) is 24.3 Å². The first-order valence-corrected chi connectivity index (χ1v) is 7.91. The maximum absolute atomic E-state index is 12.2. The van der Waals surface area contributed by atoms with E-state index in [0.29, 0.717) is 17.5 Å². The van der Waals surface area contributed by atoms with Gasteiger partial charge in [-0.05, 0) is 37.5 Å². The SMILES string of the molecule is CCOCC1CCCN(C(=O)NCc2cccc(Cl)c2)C1. The Morgan fingerprint density at radius 3 is 3.14 bits per heavy atom. The molecule has 1 aliphatic rings. The molecule has 0 spiro atoms. The van der Waals surface area contributed by atoms with E-state index in [2.05, 4.69) is 5.32 Å². The van der Waals surface area contributed by atoms with Crippen molar-refractivity contribution in [3.8, 4) is 0 Å². The number of carbonyl (C=O) groups is 1. The minimum atomic E-state index is -0.00354. The molecule has 1 unspecified atom stereocenters. The van der Waals surface area contributed by atoms with Crippen molar-refractivity contribution in [2.24, 2.45) is 5.92 Å². The fraction of sp³-hybridized carbons (Fsp3) is 0.562. The lowest BCUT2D eigenvalue weighted by Crippen LogP contribution is -2.46. The first-order chi connectivity index (χ1) is 10.2. The minimum absolute atomic E-state index is 0.00354. The summed E-state index contributed by atoms with van der Waals surface area (Å²) in [4.78, 5) is 14.1. The summed E-state index contributed by atoms with van der Waals surface area (Å²) in [7, 11) is 0. The smallest absolute Gasteiger partial charge is 0.317 e. The maximum Gasteiger partial charge on any atom is 0.317 e. The molecule has 0 bridgehead atoms. The third-order valence-electron chi connectivity index (χ3n) is 3.70. The minimum Gasteiger partial charge on any atom is -0.381 e. The number of amides is 2. The average Bonchev–Trinajstić information content (AvgIpc) is 2.51. The highest BCUT2D eigenvalue weighted by Crippen LogP contribution is 2.17. The molecule has 4 nitrogen and oxygen atoms in total. The molecule has 0 aliphatic carbocycles. The van der Waals surface area contributed by atoms with Gasteiger partial charge in [0.15, 0.2) is 0 Å². The van der Waals surface area contributed by atoms with Crippen LogP contribution in [0.25, 0.3) is 0 Å². The summed E-state index contributed by atoms with van der Waals surface area (Å²) in [6, 6.07) is 7.55. The number of carbonyl (C=O) groups excluding carboxylic acids is 1. The van der Waals surface area contributed by atoms with E-state index in [1.807, 2.05) is 36.1 Å². The van der Waals surface area contributed by atoms with Gasteiger partial charge in [-0.2, -0.15) is 0 Å². The first kappa shape index (κ1) is 16.1. The van der Waals surface area contributed by atoms with Crippen LogP contribution in [-0.2, 0) is 11.3 Å². The lowest BCUT2D eigenvalue weighted by Gasteiger charge is -2.32. The summed E-state index contributed by atoms with van der Waals surface area (Å²) >= 11 is 5.94. The Hall–Kier alpha value is -1.26. The van der Waals surface area contributed by atoms with Crippen molar-refractivity contribution >= 4 is 17.6 Å². The first-order valence-electron chi connectivity index (χ1n) is 7.54. The molecule has 1 fully saturated rings. The highest BCUT2D eigenvalue weighted by atomic mass is 35.5. The summed E-state index contributed by atoms with van der Waals surface area (Å²) in [6.07, 6.45) is 2.18. The van der Waals surface area contributed by atoms with Crippen LogP contribution in [0.1, 0.15) is 25.3 Å². The number of piperidine rings is 1. The van der Waals surface area contributed by atoms with Crippen LogP contribution < -0.4 is 5.32 Å². The quantitative estimate of drug-likeness (QED) is 0.906. The summed E-state index contributed by atoms with van der Waals surface area (Å²) in [5, 5.41) is 3.65. The average molecular weight is 311 g/mol. The molecule has 1 saturated heterocycles. The Bertz CT molecular complexity index is 467. The van der Waals surface area contributed by atoms with E-state index in [1.165, 1.54) is 0 Å². The van der Waals surface area contributed by atoms with E-state index < -0.39 is 0 Å². The normalized spacial score (nSPS) is 18.6. The Morgan fingerprint density at radius 2 is 2.38 bits per heavy atom. The third kappa shape index (κ3) is 5.21. The summed E-state index contributed by atoms with van der Waals surface area (Å²) < 4.78 is 5.47. The maximum atomic E-state index is 12.2. The van der Waals surface area contributed by atoms with Crippen LogP contribution >= 0.6 is 11.6 Å². The topological polar surface area (TPSA) is 41.6 Å². The van der Waals surface area contributed by atoms with Crippen LogP contribution in [0.3, 0.4) is 0 Å². The second kappa shape index (κ2) is 8.25. The van der Waals surface area contributed by atoms with E-state index in [4.69, 9.17) is 16.3 Å². The van der Waals surface area contributed by atoms with Crippen LogP contribution in [0.5, 0.6) is 0 Å². The van der Waals surface area contributed by atoms with Gasteiger partial charge >= 0.3 is 6.03 Å². The molecular formula is C16H23ClN2O2. The van der Waals surface area contributed by atoms with Gasteiger partial charge in [0.25, 0.3) is 0 Å². The molecule has 1 aromatic rings. The van der Waals surface area contributed by atoms with Gasteiger partial charge in [0.1, 0.15) is 0 Å². The number of nitrogens with one attached hydrogen (secondary N) is 1. The molecule has 5 heteroatoms. The van der Waals surface area contributed by atoms with E-state index in [1.54, 1.807) is 0 Å². The molecule has 2 amide bonds. The zero-order chi connectivity index (χ0) is 15.1. The van der Waals surface area contributed by atoms with Crippen LogP contribution in [-0.4, -0.2) is 37.2 Å². The molecule has 116 valence electrons. The number of ether oxygens (including phenoxy) is 1. The zero-order valence-electron chi connectivity index (χ0n) is 12.5. The Kier molecular flexibility index (Phi) is 6.33. The molecule has 1 N–H and O–H groups in total. The second-order valence-corrected chi connectivity index (χ2v) is 5.84. The molecular weight excluding hydrogens is 288 g/mol. The number of benzene rings is 1. The van der Waals surface area contributed by atoms with Crippen molar-refractivity contribution in [3.63, 3.8) is 0 Å². The van der Waals surface area contributed by atoms with Crippen molar-refractivity contribution in [2.75, 3.05) is 26.3 Å². The van der Waals surface area contributed by atoms with E-state index in [9.17, 15) is 4.79 Å². The zero-order valence-corrected chi connectivity index (χ0v) is 13.2. The van der Waals surface area contributed by atoms with Crippen LogP contribution in [0.4, 0.5) is 4.79 Å². The van der Waals surface area contributed by atoms with Crippen molar-refractivity contribution in [1.29, 1.82) is 0 Å². The van der Waals surface area contributed by atoms with Gasteiger partial charge in [-0.25, -0.2) is 4.79 Å². The van der Waals surface area contributed by atoms with Gasteiger partial charge < -0.3 is 15.0 Å². The highest BCUT2D eigenvalue weighted by molar-refractivity contribution is 6.30. The number of halogens is 1. The summed E-state index contributed by atoms with van der Waals surface area (Å²) in [5.41, 5.74) is 1.01. The number of hydrogen-bond acceptors (Lipinski definition) is 2. The monoisotopic (exact) mass is 310 g/mol. The van der Waals surface area contributed by atoms with Crippen molar-refractivity contribution in [3.05, 3.63) is 34.9 Å². The lowest BCUT2D eigenvalue weighted by molar-refractivity contribution is 0.0756. The standard InChI is InChI=1S/C16H23ClN2O2/c1-2-21-12-14-6-4-8-19(11-14)16(20)18-10-13-5-3-7-15(17)9-13/h3,5,7,9,14H,2,4,6,8,10-12H2,1H3,(H,18,20). The molecule has 1 aliphatic heterocycles. The molecule has 0 aromatic heterocycles. The third-order valence-corrected chi connectivity index (χ3v) is 3.93. The number of urea groups is 1. The van der Waals surface area contributed by atoms with Crippen molar-refractivity contribution in [2.45, 2.75) is 26.3 Å². The molecule has 2 rings (SSSR count). The van der Waals surface area contributed by atoms with Gasteiger partial charge in [0.2, 0.25) is 0 Å². The fourth-order valence-electron chi connectivity index (χ4n) is 2.61. The Labute approximate surface area is 131 Å². The molecule has 1 aromatic carbocycles. The van der Waals surface area contributed by atoms with Crippen LogP contribution in [0.2, 0.25) is 5.02 Å². The summed E-state index contributed by atoms with van der Waals surface area (Å²) in [5.74, 6) is 0.454. The van der Waals surface area contributed by atoms with Gasteiger partial charge in [-0.1, -0.05) is 23.7 Å². The molecule has 21 heavy (non-hydrogen) atoms. The number of likely N-dealkylation sites (tertiary alicyclic amines) is 1. The Balaban J connectivity index is 1.79. The van der Waals surface area contributed by atoms with Gasteiger partial charge in [0, 0.05) is 37.2 Å². The van der Waals surface area contributed by atoms with E-state index >= 15 is 0 Å². The van der Waals surface area contributed by atoms with Gasteiger partial charge in [-0.3, -0.25) is 0 Å². The molecule has 0 saturated carbocycles. The largest absolute Gasteiger partial charge is 0.381 e. The number of rotatable bonds is 5.